The molecule has 0 spiro atoms. The van der Waals surface area contributed by atoms with Crippen molar-refractivity contribution in [3.05, 3.63) is 77.0 Å². The van der Waals surface area contributed by atoms with Gasteiger partial charge < -0.3 is 0 Å². The maximum absolute atomic E-state index is 13.8. The van der Waals surface area contributed by atoms with E-state index in [2.05, 4.69) is 0 Å². The number of carbonyl (C=O) groups is 2. The highest BCUT2D eigenvalue weighted by atomic mass is 19.1. The smallest absolute Gasteiger partial charge is 0.232 e. The third-order valence-electron chi connectivity index (χ3n) is 5.48. The highest BCUT2D eigenvalue weighted by Crippen LogP contribution is 2.48. The summed E-state index contributed by atoms with van der Waals surface area (Å²) in [7, 11) is 0. The summed E-state index contributed by atoms with van der Waals surface area (Å²) in [6.45, 7) is 3.98. The van der Waals surface area contributed by atoms with Crippen molar-refractivity contribution in [1.29, 1.82) is 0 Å². The molecule has 2 aromatic carbocycles. The molecule has 2 aliphatic rings. The van der Waals surface area contributed by atoms with E-state index in [1.807, 2.05) is 13.8 Å². The van der Waals surface area contributed by atoms with Gasteiger partial charge in [0.2, 0.25) is 5.91 Å². The van der Waals surface area contributed by atoms with Gasteiger partial charge in [-0.15, -0.1) is 0 Å². The molecular weight excluding hydrogens is 360 g/mol. The van der Waals surface area contributed by atoms with E-state index in [0.717, 1.165) is 5.56 Å². The summed E-state index contributed by atoms with van der Waals surface area (Å²) < 4.78 is 27.2. The van der Waals surface area contributed by atoms with E-state index in [-0.39, 0.29) is 29.3 Å². The Morgan fingerprint density at radius 2 is 1.68 bits per heavy atom. The van der Waals surface area contributed by atoms with Crippen LogP contribution in [0.4, 0.5) is 14.5 Å². The van der Waals surface area contributed by atoms with Gasteiger partial charge in [0.15, 0.2) is 5.78 Å². The van der Waals surface area contributed by atoms with Crippen LogP contribution in [0.2, 0.25) is 0 Å². The molecule has 0 radical (unpaired) electrons. The van der Waals surface area contributed by atoms with Gasteiger partial charge in [0.1, 0.15) is 11.6 Å². The van der Waals surface area contributed by atoms with E-state index >= 15 is 0 Å². The molecule has 1 atom stereocenters. The molecule has 1 heterocycles. The van der Waals surface area contributed by atoms with Crippen molar-refractivity contribution in [2.24, 2.45) is 5.41 Å². The Labute approximate surface area is 162 Å². The molecule has 4 rings (SSSR count). The fraction of sp³-hybridized carbons (Fsp3) is 0.304. The Morgan fingerprint density at radius 1 is 0.964 bits per heavy atom. The van der Waals surface area contributed by atoms with Crippen LogP contribution in [-0.2, 0) is 9.59 Å². The summed E-state index contributed by atoms with van der Waals surface area (Å²) in [5.74, 6) is -1.40. The molecule has 0 bridgehead atoms. The van der Waals surface area contributed by atoms with E-state index in [4.69, 9.17) is 0 Å². The second kappa shape index (κ2) is 6.66. The molecule has 0 N–H and O–H groups in total. The van der Waals surface area contributed by atoms with Crippen LogP contribution in [0.15, 0.2) is 59.8 Å². The van der Waals surface area contributed by atoms with Crippen LogP contribution in [0.1, 0.15) is 44.6 Å². The molecule has 0 saturated carbocycles. The van der Waals surface area contributed by atoms with Crippen LogP contribution in [0.5, 0.6) is 0 Å². The zero-order chi connectivity index (χ0) is 20.1. The van der Waals surface area contributed by atoms with E-state index in [0.29, 0.717) is 29.8 Å². The molecule has 0 aromatic heterocycles. The minimum atomic E-state index is -0.436. The zero-order valence-corrected chi connectivity index (χ0v) is 15.8. The van der Waals surface area contributed by atoms with E-state index < -0.39 is 11.7 Å². The summed E-state index contributed by atoms with van der Waals surface area (Å²) in [5.41, 5.74) is 2.11. The quantitative estimate of drug-likeness (QED) is 0.723. The Bertz CT molecular complexity index is 992. The summed E-state index contributed by atoms with van der Waals surface area (Å²) in [5, 5.41) is 0. The number of amides is 1. The Morgan fingerprint density at radius 3 is 2.36 bits per heavy atom. The number of halogens is 2. The van der Waals surface area contributed by atoms with Gasteiger partial charge in [-0.2, -0.15) is 0 Å². The number of carbonyl (C=O) groups excluding carboxylic acids is 2. The lowest BCUT2D eigenvalue weighted by Gasteiger charge is -2.43. The Kier molecular flexibility index (Phi) is 4.41. The average molecular weight is 381 g/mol. The van der Waals surface area contributed by atoms with Crippen LogP contribution in [0.3, 0.4) is 0 Å². The lowest BCUT2D eigenvalue weighted by Crippen LogP contribution is -2.43. The predicted octanol–water partition coefficient (Wildman–Crippen LogP) is 5.13. The molecule has 144 valence electrons. The van der Waals surface area contributed by atoms with Crippen LogP contribution < -0.4 is 4.90 Å². The number of benzene rings is 2. The highest BCUT2D eigenvalue weighted by Gasteiger charge is 2.44. The normalized spacial score (nSPS) is 21.7. The number of Topliss-reactive ketones (excluding diaryl/α,β-unsaturated/α-hetero) is 1. The highest BCUT2D eigenvalue weighted by molar-refractivity contribution is 6.07. The number of ketones is 1. The number of rotatable bonds is 2. The van der Waals surface area contributed by atoms with Crippen LogP contribution in [0, 0.1) is 17.0 Å². The van der Waals surface area contributed by atoms with Crippen LogP contribution in [-0.4, -0.2) is 11.7 Å². The molecule has 5 heteroatoms. The third-order valence-corrected chi connectivity index (χ3v) is 5.48. The van der Waals surface area contributed by atoms with E-state index in [9.17, 15) is 18.4 Å². The minimum absolute atomic E-state index is 0.00511. The van der Waals surface area contributed by atoms with Crippen molar-refractivity contribution in [2.75, 3.05) is 4.90 Å². The predicted molar refractivity (Wildman–Crippen MR) is 103 cm³/mol. The number of hydrogen-bond donors (Lipinski definition) is 0. The van der Waals surface area contributed by atoms with Crippen molar-refractivity contribution in [3.63, 3.8) is 0 Å². The first kappa shape index (κ1) is 18.5. The lowest BCUT2D eigenvalue weighted by atomic mass is 9.69. The number of allylic oxidation sites excluding steroid dienone is 2. The van der Waals surface area contributed by atoms with Crippen molar-refractivity contribution in [3.8, 4) is 0 Å². The number of hydrogen-bond acceptors (Lipinski definition) is 2. The maximum atomic E-state index is 13.8. The lowest BCUT2D eigenvalue weighted by molar-refractivity contribution is -0.121. The first-order valence-corrected chi connectivity index (χ1v) is 9.35. The fourth-order valence-electron chi connectivity index (χ4n) is 4.31. The topological polar surface area (TPSA) is 37.4 Å². The minimum Gasteiger partial charge on any atom is -0.294 e. The van der Waals surface area contributed by atoms with Crippen LogP contribution in [0.25, 0.3) is 0 Å². The van der Waals surface area contributed by atoms with Gasteiger partial charge in [-0.25, -0.2) is 8.78 Å². The molecule has 0 saturated heterocycles. The molecular formula is C23H21F2NO2. The second-order valence-electron chi connectivity index (χ2n) is 8.32. The van der Waals surface area contributed by atoms with Crippen molar-refractivity contribution >= 4 is 17.4 Å². The zero-order valence-electron chi connectivity index (χ0n) is 15.8. The first-order valence-electron chi connectivity index (χ1n) is 9.35. The van der Waals surface area contributed by atoms with Gasteiger partial charge in [0, 0.05) is 30.0 Å². The van der Waals surface area contributed by atoms with Crippen molar-refractivity contribution in [1.82, 2.24) is 0 Å². The summed E-state index contributed by atoms with van der Waals surface area (Å²) in [4.78, 5) is 27.7. The fourth-order valence-corrected chi connectivity index (χ4v) is 4.31. The Hall–Kier alpha value is -2.82. The standard InChI is InChI=1S/C23H21F2NO2/c1-23(2)12-19-22(20(27)13-23)18(14-6-8-15(24)9-7-14)11-21(28)26(19)17-5-3-4-16(25)10-17/h3-10,18H,11-13H2,1-2H3. The molecule has 1 aliphatic heterocycles. The number of nitrogens with zero attached hydrogens (tertiary/aromatic N) is 1. The molecule has 1 amide bonds. The molecule has 1 aliphatic carbocycles. The largest absolute Gasteiger partial charge is 0.294 e. The summed E-state index contributed by atoms with van der Waals surface area (Å²) in [6.07, 6.45) is 1.01. The molecule has 2 aromatic rings. The maximum Gasteiger partial charge on any atom is 0.232 e. The first-order chi connectivity index (χ1) is 13.2. The monoisotopic (exact) mass is 381 g/mol. The van der Waals surface area contributed by atoms with Gasteiger partial charge in [-0.3, -0.25) is 14.5 Å². The molecule has 28 heavy (non-hydrogen) atoms. The summed E-state index contributed by atoms with van der Waals surface area (Å²) in [6, 6.07) is 11.8. The van der Waals surface area contributed by atoms with Gasteiger partial charge >= 0.3 is 0 Å². The van der Waals surface area contributed by atoms with E-state index in [1.54, 1.807) is 24.3 Å². The van der Waals surface area contributed by atoms with Gasteiger partial charge in [0.05, 0.1) is 5.69 Å². The van der Waals surface area contributed by atoms with Gasteiger partial charge in [-0.05, 0) is 47.7 Å². The Balaban J connectivity index is 1.89. The van der Waals surface area contributed by atoms with Gasteiger partial charge in [0.25, 0.3) is 0 Å². The number of anilines is 1. The van der Waals surface area contributed by atoms with E-state index in [1.165, 1.54) is 29.2 Å². The SMILES string of the molecule is CC1(C)CC(=O)C2=C(C1)N(c1cccc(F)c1)C(=O)CC2c1ccc(F)cc1. The van der Waals surface area contributed by atoms with Crippen LogP contribution >= 0.6 is 0 Å². The second-order valence-corrected chi connectivity index (χ2v) is 8.32. The van der Waals surface area contributed by atoms with Crippen molar-refractivity contribution in [2.45, 2.75) is 39.0 Å². The molecule has 3 nitrogen and oxygen atoms in total. The molecule has 1 unspecified atom stereocenters. The average Bonchev–Trinajstić information content (AvgIpc) is 2.60. The third kappa shape index (κ3) is 3.26. The van der Waals surface area contributed by atoms with Crippen molar-refractivity contribution < 1.29 is 18.4 Å². The summed E-state index contributed by atoms with van der Waals surface area (Å²) >= 11 is 0. The van der Waals surface area contributed by atoms with Gasteiger partial charge in [-0.1, -0.05) is 32.0 Å². The molecule has 0 fully saturated rings.